The van der Waals surface area contributed by atoms with Crippen LogP contribution in [0.3, 0.4) is 0 Å². The van der Waals surface area contributed by atoms with Gasteiger partial charge >= 0.3 is 12.2 Å². The van der Waals surface area contributed by atoms with Crippen molar-refractivity contribution < 1.29 is 19.5 Å². The third kappa shape index (κ3) is 2.73. The normalized spacial score (nSPS) is 11.4. The van der Waals surface area contributed by atoms with Gasteiger partial charge in [-0.1, -0.05) is 6.92 Å². The molecule has 0 aromatic heterocycles. The summed E-state index contributed by atoms with van der Waals surface area (Å²) in [6, 6.07) is 0. The second kappa shape index (κ2) is 4.35. The van der Waals surface area contributed by atoms with E-state index in [1.807, 2.05) is 0 Å². The lowest BCUT2D eigenvalue weighted by Gasteiger charge is -1.99. The van der Waals surface area contributed by atoms with Crippen LogP contribution in [0.4, 0.5) is 0 Å². The van der Waals surface area contributed by atoms with E-state index in [0.717, 1.165) is 0 Å². The van der Waals surface area contributed by atoms with Crippen LogP contribution in [-0.2, 0) is 9.59 Å². The number of carbonyl (C=O) groups excluding carboxylic acids is 1. The minimum absolute atomic E-state index is 0.195. The highest BCUT2D eigenvalue weighted by Gasteiger charge is 2.24. The Bertz CT molecular complexity index is 218. The highest BCUT2D eigenvalue weighted by atomic mass is 16.4. The second-order valence-corrected chi connectivity index (χ2v) is 1.95. The number of rotatable bonds is 4. The lowest BCUT2D eigenvalue weighted by atomic mass is 10.0. The summed E-state index contributed by atoms with van der Waals surface area (Å²) in [7, 11) is 0. The van der Waals surface area contributed by atoms with Crippen LogP contribution in [0.5, 0.6) is 0 Å². The summed E-state index contributed by atoms with van der Waals surface area (Å²) in [5.41, 5.74) is 7.92. The molecule has 0 aliphatic heterocycles. The first-order valence-corrected chi connectivity index (χ1v) is 3.07. The summed E-state index contributed by atoms with van der Waals surface area (Å²) in [5, 5.41) is 8.41. The molecule has 5 heteroatoms. The van der Waals surface area contributed by atoms with Gasteiger partial charge in [0.25, 0.3) is 0 Å². The molecular weight excluding hydrogens is 148 g/mol. The Morgan fingerprint density at radius 1 is 1.73 bits per heavy atom. The highest BCUT2D eigenvalue weighted by molar-refractivity contribution is 6.30. The van der Waals surface area contributed by atoms with E-state index in [4.69, 9.17) is 10.6 Å². The maximum atomic E-state index is 10.7. The topological polar surface area (TPSA) is 90.8 Å². The van der Waals surface area contributed by atoms with E-state index in [0.29, 0.717) is 6.21 Å². The van der Waals surface area contributed by atoms with Crippen molar-refractivity contribution in [3.8, 4) is 0 Å². The summed E-state index contributed by atoms with van der Waals surface area (Å²) in [4.78, 5) is 23.5. The Balaban J connectivity index is 4.38. The van der Waals surface area contributed by atoms with Crippen LogP contribution in [0.2, 0.25) is 0 Å². The van der Waals surface area contributed by atoms with Crippen molar-refractivity contribution in [1.82, 2.24) is 0 Å². The first kappa shape index (κ1) is 9.52. The number of Topliss-reactive ketones (excluding diaryl/α,β-unsaturated/α-hetero) is 1. The number of carboxylic acid groups (broad SMARTS) is 1. The summed E-state index contributed by atoms with van der Waals surface area (Å²) in [6.45, 7) is 1.57. The highest BCUT2D eigenvalue weighted by Crippen LogP contribution is 2.01. The molecule has 0 amide bonds. The number of nitrogens with zero attached hydrogens (tertiary/aromatic N) is 2. The van der Waals surface area contributed by atoms with Crippen molar-refractivity contribution in [1.29, 1.82) is 0 Å². The predicted molar refractivity (Wildman–Crippen MR) is 36.1 cm³/mol. The fourth-order valence-electron chi connectivity index (χ4n) is 0.644. The number of carboxylic acids is 1. The minimum atomic E-state index is -1.20. The molecule has 0 saturated carbocycles. The molecule has 60 valence electrons. The molecule has 0 aliphatic carbocycles. The van der Waals surface area contributed by atoms with Crippen molar-refractivity contribution in [2.45, 2.75) is 13.3 Å². The zero-order valence-corrected chi connectivity index (χ0v) is 6.02. The van der Waals surface area contributed by atoms with Gasteiger partial charge in [0, 0.05) is 0 Å². The van der Waals surface area contributed by atoms with Gasteiger partial charge in [-0.3, -0.25) is 9.59 Å². The molecule has 0 rings (SSSR count). The Hall–Kier alpha value is -1.48. The van der Waals surface area contributed by atoms with Gasteiger partial charge in [-0.15, -0.1) is 0 Å². The largest absolute Gasteiger partial charge is 0.481 e. The number of hydrogen-bond acceptors (Lipinski definition) is 2. The molecule has 1 N–H and O–H groups in total. The zero-order valence-electron chi connectivity index (χ0n) is 6.02. The maximum absolute atomic E-state index is 10.7. The van der Waals surface area contributed by atoms with Crippen molar-refractivity contribution in [2.24, 2.45) is 5.92 Å². The Labute approximate surface area is 63.3 Å². The van der Waals surface area contributed by atoms with Gasteiger partial charge in [-0.25, -0.2) is 0 Å². The lowest BCUT2D eigenvalue weighted by Crippen LogP contribution is -2.23. The monoisotopic (exact) mass is 156 g/mol. The predicted octanol–water partition coefficient (Wildman–Crippen LogP) is -0.0331. The third-order valence-electron chi connectivity index (χ3n) is 1.23. The smallest absolute Gasteiger partial charge is 0.324 e. The van der Waals surface area contributed by atoms with E-state index in [1.165, 1.54) is 0 Å². The van der Waals surface area contributed by atoms with E-state index >= 15 is 0 Å². The summed E-state index contributed by atoms with van der Waals surface area (Å²) >= 11 is 0. The first-order chi connectivity index (χ1) is 5.13. The van der Waals surface area contributed by atoms with Crippen molar-refractivity contribution >= 4 is 18.0 Å². The van der Waals surface area contributed by atoms with E-state index < -0.39 is 17.7 Å². The minimum Gasteiger partial charge on any atom is -0.481 e. The Kier molecular flexibility index (Phi) is 3.77. The average molecular weight is 156 g/mol. The summed E-state index contributed by atoms with van der Waals surface area (Å²) in [6.07, 6.45) is 0.794. The molecule has 0 saturated heterocycles. The molecule has 0 aliphatic rings. The SMILES string of the molecule is CCC(C(=O)O)C(=O)C=[N+]=[N-]. The second-order valence-electron chi connectivity index (χ2n) is 1.95. The van der Waals surface area contributed by atoms with Crippen LogP contribution in [0.15, 0.2) is 0 Å². The fourth-order valence-corrected chi connectivity index (χ4v) is 0.644. The summed E-state index contributed by atoms with van der Waals surface area (Å²) in [5.74, 6) is -2.98. The van der Waals surface area contributed by atoms with Gasteiger partial charge in [0.2, 0.25) is 5.78 Å². The fraction of sp³-hybridized carbons (Fsp3) is 0.500. The van der Waals surface area contributed by atoms with Crippen LogP contribution in [0.25, 0.3) is 5.53 Å². The van der Waals surface area contributed by atoms with Crippen LogP contribution < -0.4 is 0 Å². The third-order valence-corrected chi connectivity index (χ3v) is 1.23. The van der Waals surface area contributed by atoms with Gasteiger partial charge in [0.05, 0.1) is 0 Å². The van der Waals surface area contributed by atoms with E-state index in [-0.39, 0.29) is 6.42 Å². The van der Waals surface area contributed by atoms with Gasteiger partial charge in [0.1, 0.15) is 5.92 Å². The molecular formula is C6H8N2O3. The van der Waals surface area contributed by atoms with Crippen molar-refractivity contribution in [2.75, 3.05) is 0 Å². The Morgan fingerprint density at radius 3 is 2.55 bits per heavy atom. The average Bonchev–Trinajstić information content (AvgIpc) is 1.88. The van der Waals surface area contributed by atoms with Crippen LogP contribution in [0.1, 0.15) is 13.3 Å². The maximum Gasteiger partial charge on any atom is 0.324 e. The van der Waals surface area contributed by atoms with Gasteiger partial charge < -0.3 is 10.6 Å². The van der Waals surface area contributed by atoms with Gasteiger partial charge in [-0.05, 0) is 6.42 Å². The molecule has 1 atom stereocenters. The van der Waals surface area contributed by atoms with Crippen LogP contribution >= 0.6 is 0 Å². The molecule has 0 heterocycles. The number of hydrogen-bond donors (Lipinski definition) is 1. The van der Waals surface area contributed by atoms with E-state index in [2.05, 4.69) is 4.79 Å². The molecule has 1 unspecified atom stereocenters. The van der Waals surface area contributed by atoms with Crippen molar-refractivity contribution in [3.63, 3.8) is 0 Å². The van der Waals surface area contributed by atoms with Crippen LogP contribution in [-0.4, -0.2) is 27.9 Å². The molecule has 0 radical (unpaired) electrons. The molecule has 0 bridgehead atoms. The lowest BCUT2D eigenvalue weighted by molar-refractivity contribution is -0.145. The Morgan fingerprint density at radius 2 is 2.27 bits per heavy atom. The first-order valence-electron chi connectivity index (χ1n) is 3.07. The standard InChI is InChI=1S/C6H8N2O3/c1-2-4(6(10)11)5(9)3-8-7/h3-4H,2H2,1H3,(H,10,11). The van der Waals surface area contributed by atoms with Gasteiger partial charge in [-0.2, -0.15) is 4.79 Å². The van der Waals surface area contributed by atoms with Gasteiger partial charge in [0.15, 0.2) is 0 Å². The van der Waals surface area contributed by atoms with Crippen LogP contribution in [0, 0.1) is 5.92 Å². The van der Waals surface area contributed by atoms with E-state index in [9.17, 15) is 9.59 Å². The molecule has 5 nitrogen and oxygen atoms in total. The quantitative estimate of drug-likeness (QED) is 0.268. The van der Waals surface area contributed by atoms with E-state index in [1.54, 1.807) is 6.92 Å². The molecule has 11 heavy (non-hydrogen) atoms. The molecule has 0 fully saturated rings. The van der Waals surface area contributed by atoms with Crippen molar-refractivity contribution in [3.05, 3.63) is 5.53 Å². The number of ketones is 1. The number of aliphatic carboxylic acids is 1. The molecule has 0 aromatic carbocycles. The zero-order chi connectivity index (χ0) is 8.85. The summed E-state index contributed by atoms with van der Waals surface area (Å²) < 4.78 is 0. The molecule has 0 aromatic rings. The molecule has 0 spiro atoms. The number of carbonyl (C=O) groups is 2.